The highest BCUT2D eigenvalue weighted by molar-refractivity contribution is 5.78. The molecule has 2 aromatic carbocycles. The molecule has 3 rings (SSSR count). The molecule has 0 saturated heterocycles. The molecule has 4 nitrogen and oxygen atoms in total. The van der Waals surface area contributed by atoms with Gasteiger partial charge in [0.2, 0.25) is 5.91 Å². The van der Waals surface area contributed by atoms with Gasteiger partial charge in [-0.3, -0.25) is 9.69 Å². The lowest BCUT2D eigenvalue weighted by molar-refractivity contribution is -0.123. The second-order valence-electron chi connectivity index (χ2n) is 6.32. The highest BCUT2D eigenvalue weighted by atomic mass is 16.3. The maximum Gasteiger partial charge on any atom is 0.234 e. The summed E-state index contributed by atoms with van der Waals surface area (Å²) in [5.41, 5.74) is 3.49. The van der Waals surface area contributed by atoms with E-state index >= 15 is 0 Å². The SMILES string of the molecule is CC(NC(=O)CN1CCc2ccccc2C1CO)c1ccccc1. The quantitative estimate of drug-likeness (QED) is 0.888. The van der Waals surface area contributed by atoms with Gasteiger partial charge in [0.15, 0.2) is 0 Å². The zero-order valence-corrected chi connectivity index (χ0v) is 14.0. The number of nitrogens with zero attached hydrogens (tertiary/aromatic N) is 1. The Bertz CT molecular complexity index is 687. The van der Waals surface area contributed by atoms with Crippen LogP contribution < -0.4 is 5.32 Å². The van der Waals surface area contributed by atoms with Crippen LogP contribution in [-0.2, 0) is 11.2 Å². The smallest absolute Gasteiger partial charge is 0.234 e. The van der Waals surface area contributed by atoms with Crippen molar-refractivity contribution >= 4 is 5.91 Å². The van der Waals surface area contributed by atoms with Crippen LogP contribution in [0.1, 0.15) is 35.7 Å². The number of carbonyl (C=O) groups is 1. The lowest BCUT2D eigenvalue weighted by atomic mass is 9.93. The third-order valence-electron chi connectivity index (χ3n) is 4.72. The molecular weight excluding hydrogens is 300 g/mol. The van der Waals surface area contributed by atoms with Gasteiger partial charge in [-0.15, -0.1) is 0 Å². The number of fused-ring (bicyclic) bond motifs is 1. The number of nitrogens with one attached hydrogen (secondary N) is 1. The summed E-state index contributed by atoms with van der Waals surface area (Å²) in [7, 11) is 0. The molecule has 0 radical (unpaired) electrons. The largest absolute Gasteiger partial charge is 0.394 e. The maximum absolute atomic E-state index is 12.4. The molecule has 0 saturated carbocycles. The molecule has 0 fully saturated rings. The maximum atomic E-state index is 12.4. The van der Waals surface area contributed by atoms with Gasteiger partial charge in [-0.1, -0.05) is 54.6 Å². The van der Waals surface area contributed by atoms with Crippen molar-refractivity contribution in [2.75, 3.05) is 19.7 Å². The molecule has 0 aromatic heterocycles. The molecule has 24 heavy (non-hydrogen) atoms. The summed E-state index contributed by atoms with van der Waals surface area (Å²) in [6.07, 6.45) is 0.911. The molecule has 4 heteroatoms. The third kappa shape index (κ3) is 3.66. The number of hydrogen-bond acceptors (Lipinski definition) is 3. The molecule has 0 bridgehead atoms. The molecule has 126 valence electrons. The van der Waals surface area contributed by atoms with Crippen molar-refractivity contribution in [1.29, 1.82) is 0 Å². The molecule has 2 aromatic rings. The zero-order chi connectivity index (χ0) is 16.9. The first-order valence-electron chi connectivity index (χ1n) is 8.46. The van der Waals surface area contributed by atoms with Crippen molar-refractivity contribution in [2.24, 2.45) is 0 Å². The second kappa shape index (κ2) is 7.60. The number of amides is 1. The monoisotopic (exact) mass is 324 g/mol. The van der Waals surface area contributed by atoms with E-state index in [0.29, 0.717) is 6.54 Å². The van der Waals surface area contributed by atoms with Crippen LogP contribution in [0.15, 0.2) is 54.6 Å². The first kappa shape index (κ1) is 16.7. The van der Waals surface area contributed by atoms with Gasteiger partial charge in [0.25, 0.3) is 0 Å². The van der Waals surface area contributed by atoms with Crippen molar-refractivity contribution < 1.29 is 9.90 Å². The van der Waals surface area contributed by atoms with Gasteiger partial charge in [-0.05, 0) is 30.0 Å². The van der Waals surface area contributed by atoms with Gasteiger partial charge in [-0.25, -0.2) is 0 Å². The van der Waals surface area contributed by atoms with Gasteiger partial charge in [-0.2, -0.15) is 0 Å². The Labute approximate surface area is 143 Å². The Morgan fingerprint density at radius 2 is 1.92 bits per heavy atom. The molecule has 2 unspecified atom stereocenters. The van der Waals surface area contributed by atoms with E-state index in [9.17, 15) is 9.90 Å². The fourth-order valence-corrected chi connectivity index (χ4v) is 3.40. The number of rotatable bonds is 5. The molecule has 1 aliphatic heterocycles. The predicted octanol–water partition coefficient (Wildman–Crippen LogP) is 2.46. The van der Waals surface area contributed by atoms with Crippen molar-refractivity contribution in [3.63, 3.8) is 0 Å². The Balaban J connectivity index is 1.64. The second-order valence-corrected chi connectivity index (χ2v) is 6.32. The topological polar surface area (TPSA) is 52.6 Å². The van der Waals surface area contributed by atoms with Crippen LogP contribution in [-0.4, -0.2) is 35.6 Å². The van der Waals surface area contributed by atoms with Crippen LogP contribution in [0, 0.1) is 0 Å². The zero-order valence-electron chi connectivity index (χ0n) is 14.0. The van der Waals surface area contributed by atoms with E-state index in [-0.39, 0.29) is 24.6 Å². The lowest BCUT2D eigenvalue weighted by Gasteiger charge is -2.36. The summed E-state index contributed by atoms with van der Waals surface area (Å²) in [6, 6.07) is 18.0. The van der Waals surface area contributed by atoms with Crippen molar-refractivity contribution in [1.82, 2.24) is 10.2 Å². The Morgan fingerprint density at radius 1 is 1.21 bits per heavy atom. The normalized spacial score (nSPS) is 18.7. The summed E-state index contributed by atoms with van der Waals surface area (Å²) in [5.74, 6) is -0.0100. The van der Waals surface area contributed by atoms with Gasteiger partial charge in [0.1, 0.15) is 0 Å². The average molecular weight is 324 g/mol. The molecule has 0 spiro atoms. The first-order valence-corrected chi connectivity index (χ1v) is 8.46. The third-order valence-corrected chi connectivity index (χ3v) is 4.72. The molecular formula is C20H24N2O2. The van der Waals surface area contributed by atoms with Crippen LogP contribution in [0.4, 0.5) is 0 Å². The number of hydrogen-bond donors (Lipinski definition) is 2. The highest BCUT2D eigenvalue weighted by Crippen LogP contribution is 2.28. The summed E-state index contributed by atoms with van der Waals surface area (Å²) >= 11 is 0. The predicted molar refractivity (Wildman–Crippen MR) is 94.5 cm³/mol. The minimum absolute atomic E-state index is 0.0100. The number of benzene rings is 2. The molecule has 2 N–H and O–H groups in total. The Hall–Kier alpha value is -2.17. The molecule has 1 amide bonds. The Kier molecular flexibility index (Phi) is 5.28. The molecule has 1 aliphatic rings. The van der Waals surface area contributed by atoms with Crippen LogP contribution in [0.5, 0.6) is 0 Å². The van der Waals surface area contributed by atoms with E-state index in [1.165, 1.54) is 5.56 Å². The summed E-state index contributed by atoms with van der Waals surface area (Å²) in [5, 5.41) is 12.9. The number of aliphatic hydroxyl groups excluding tert-OH is 1. The van der Waals surface area contributed by atoms with Crippen LogP contribution in [0.3, 0.4) is 0 Å². The average Bonchev–Trinajstić information content (AvgIpc) is 2.62. The fourth-order valence-electron chi connectivity index (χ4n) is 3.40. The molecule has 1 heterocycles. The fraction of sp³-hybridized carbons (Fsp3) is 0.350. The van der Waals surface area contributed by atoms with Crippen LogP contribution >= 0.6 is 0 Å². The van der Waals surface area contributed by atoms with Gasteiger partial charge < -0.3 is 10.4 Å². The standard InChI is InChI=1S/C20H24N2O2/c1-15(16-7-3-2-4-8-16)21-20(24)13-22-12-11-17-9-5-6-10-18(17)19(22)14-23/h2-10,15,19,23H,11-14H2,1H3,(H,21,24). The van der Waals surface area contributed by atoms with Gasteiger partial charge in [0, 0.05) is 6.54 Å². The van der Waals surface area contributed by atoms with Crippen LogP contribution in [0.25, 0.3) is 0 Å². The first-order chi connectivity index (χ1) is 11.7. The van der Waals surface area contributed by atoms with Crippen LogP contribution in [0.2, 0.25) is 0 Å². The van der Waals surface area contributed by atoms with Crippen molar-refractivity contribution in [3.05, 3.63) is 71.3 Å². The van der Waals surface area contributed by atoms with E-state index in [4.69, 9.17) is 0 Å². The van der Waals surface area contributed by atoms with Crippen molar-refractivity contribution in [2.45, 2.75) is 25.4 Å². The summed E-state index contributed by atoms with van der Waals surface area (Å²) < 4.78 is 0. The van der Waals surface area contributed by atoms with E-state index < -0.39 is 0 Å². The minimum Gasteiger partial charge on any atom is -0.394 e. The minimum atomic E-state index is -0.104. The van der Waals surface area contributed by atoms with Gasteiger partial charge in [0.05, 0.1) is 25.2 Å². The number of aliphatic hydroxyl groups is 1. The lowest BCUT2D eigenvalue weighted by Crippen LogP contribution is -2.44. The molecule has 2 atom stereocenters. The Morgan fingerprint density at radius 3 is 2.67 bits per heavy atom. The highest BCUT2D eigenvalue weighted by Gasteiger charge is 2.28. The van der Waals surface area contributed by atoms with Crippen molar-refractivity contribution in [3.8, 4) is 0 Å². The van der Waals surface area contributed by atoms with Gasteiger partial charge >= 0.3 is 0 Å². The van der Waals surface area contributed by atoms with E-state index in [2.05, 4.69) is 16.3 Å². The summed E-state index contributed by atoms with van der Waals surface area (Å²) in [6.45, 7) is 3.10. The van der Waals surface area contributed by atoms with E-state index in [1.807, 2.05) is 55.5 Å². The number of carbonyl (C=O) groups excluding carboxylic acids is 1. The summed E-state index contributed by atoms with van der Waals surface area (Å²) in [4.78, 5) is 14.5. The van der Waals surface area contributed by atoms with E-state index in [0.717, 1.165) is 24.1 Å². The molecule has 0 aliphatic carbocycles. The van der Waals surface area contributed by atoms with E-state index in [1.54, 1.807) is 0 Å².